The molecule has 122 valence electrons. The van der Waals surface area contributed by atoms with Gasteiger partial charge in [-0.1, -0.05) is 19.0 Å². The second-order valence-electron chi connectivity index (χ2n) is 6.08. The average Bonchev–Trinajstić information content (AvgIpc) is 3.23. The number of rotatable bonds is 5. The van der Waals surface area contributed by atoms with Crippen molar-refractivity contribution >= 4 is 5.91 Å². The molecule has 0 N–H and O–H groups in total. The lowest BCUT2D eigenvalue weighted by Crippen LogP contribution is -2.31. The fourth-order valence-corrected chi connectivity index (χ4v) is 2.82. The number of aryl methyl sites for hydroxylation is 1. The van der Waals surface area contributed by atoms with Gasteiger partial charge in [0.1, 0.15) is 0 Å². The molecule has 0 unspecified atom stereocenters. The molecule has 2 aromatic rings. The monoisotopic (exact) mass is 315 g/mol. The minimum Gasteiger partial charge on any atom is -0.339 e. The summed E-state index contributed by atoms with van der Waals surface area (Å²) < 4.78 is 5.20. The first-order valence-electron chi connectivity index (χ1n) is 8.03. The molecule has 1 aliphatic rings. The van der Waals surface area contributed by atoms with E-state index in [2.05, 4.69) is 20.1 Å². The maximum Gasteiger partial charge on any atom is 0.227 e. The second-order valence-corrected chi connectivity index (χ2v) is 6.08. The Bertz CT molecular complexity index is 656. The fraction of sp³-hybridized carbons (Fsp3) is 0.562. The Morgan fingerprint density at radius 3 is 3.00 bits per heavy atom. The van der Waals surface area contributed by atoms with Crippen molar-refractivity contribution in [3.8, 4) is 0 Å². The van der Waals surface area contributed by atoms with E-state index in [-0.39, 0.29) is 17.9 Å². The lowest BCUT2D eigenvalue weighted by Gasteiger charge is -2.23. The molecule has 7 heteroatoms. The normalized spacial score (nSPS) is 17.9. The number of hydrogen-bond acceptors (Lipinski definition) is 6. The van der Waals surface area contributed by atoms with Crippen molar-refractivity contribution in [2.75, 3.05) is 6.54 Å². The van der Waals surface area contributed by atoms with Gasteiger partial charge in [0.25, 0.3) is 0 Å². The third kappa shape index (κ3) is 3.55. The molecule has 3 heterocycles. The van der Waals surface area contributed by atoms with E-state index in [0.29, 0.717) is 24.6 Å². The molecular weight excluding hydrogens is 294 g/mol. The van der Waals surface area contributed by atoms with Crippen LogP contribution < -0.4 is 0 Å². The van der Waals surface area contributed by atoms with Gasteiger partial charge >= 0.3 is 0 Å². The van der Waals surface area contributed by atoms with Gasteiger partial charge in [0.05, 0.1) is 17.9 Å². The minimum absolute atomic E-state index is 0.0325. The summed E-state index contributed by atoms with van der Waals surface area (Å²) in [5.74, 6) is 1.54. The lowest BCUT2D eigenvalue weighted by atomic mass is 10.1. The summed E-state index contributed by atoms with van der Waals surface area (Å²) in [6, 6.07) is 0.0325. The zero-order valence-electron chi connectivity index (χ0n) is 13.5. The Morgan fingerprint density at radius 2 is 2.30 bits per heavy atom. The molecule has 1 amide bonds. The van der Waals surface area contributed by atoms with Gasteiger partial charge in [-0.15, -0.1) is 0 Å². The molecule has 0 spiro atoms. The molecule has 0 aliphatic carbocycles. The molecule has 3 rings (SSSR count). The minimum atomic E-state index is 0.0325. The van der Waals surface area contributed by atoms with Gasteiger partial charge in [-0.3, -0.25) is 14.8 Å². The first-order valence-corrected chi connectivity index (χ1v) is 8.03. The molecule has 0 bridgehead atoms. The van der Waals surface area contributed by atoms with Crippen molar-refractivity contribution in [2.24, 2.45) is 0 Å². The van der Waals surface area contributed by atoms with Crippen molar-refractivity contribution in [3.05, 3.63) is 36.0 Å². The van der Waals surface area contributed by atoms with Gasteiger partial charge in [-0.05, 0) is 12.8 Å². The van der Waals surface area contributed by atoms with Crippen LogP contribution in [-0.2, 0) is 11.2 Å². The highest BCUT2D eigenvalue weighted by molar-refractivity contribution is 5.77. The number of nitrogens with zero attached hydrogens (tertiary/aromatic N) is 5. The van der Waals surface area contributed by atoms with Crippen molar-refractivity contribution in [1.82, 2.24) is 25.0 Å². The van der Waals surface area contributed by atoms with Crippen LogP contribution in [0.3, 0.4) is 0 Å². The van der Waals surface area contributed by atoms with Crippen molar-refractivity contribution < 1.29 is 9.32 Å². The Labute approximate surface area is 135 Å². The predicted molar refractivity (Wildman–Crippen MR) is 82.4 cm³/mol. The van der Waals surface area contributed by atoms with Gasteiger partial charge < -0.3 is 9.42 Å². The molecular formula is C16H21N5O2. The van der Waals surface area contributed by atoms with E-state index in [4.69, 9.17) is 4.52 Å². The van der Waals surface area contributed by atoms with Crippen LogP contribution in [0, 0.1) is 0 Å². The predicted octanol–water partition coefficient (Wildman–Crippen LogP) is 2.28. The molecule has 23 heavy (non-hydrogen) atoms. The van der Waals surface area contributed by atoms with E-state index in [1.54, 1.807) is 18.6 Å². The molecule has 1 atom stereocenters. The summed E-state index contributed by atoms with van der Waals surface area (Å²) in [4.78, 5) is 27.2. The van der Waals surface area contributed by atoms with Crippen LogP contribution in [0.4, 0.5) is 0 Å². The third-order valence-electron chi connectivity index (χ3n) is 4.05. The maximum absolute atomic E-state index is 12.5. The summed E-state index contributed by atoms with van der Waals surface area (Å²) in [7, 11) is 0. The zero-order chi connectivity index (χ0) is 16.2. The van der Waals surface area contributed by atoms with Crippen LogP contribution in [0.25, 0.3) is 0 Å². The third-order valence-corrected chi connectivity index (χ3v) is 4.05. The summed E-state index contributed by atoms with van der Waals surface area (Å²) in [6.07, 6.45) is 7.82. The highest BCUT2D eigenvalue weighted by atomic mass is 16.5. The number of likely N-dealkylation sites (tertiary alicyclic amines) is 1. The van der Waals surface area contributed by atoms with Crippen LogP contribution in [0.2, 0.25) is 0 Å². The zero-order valence-corrected chi connectivity index (χ0v) is 13.5. The Balaban J connectivity index is 1.61. The number of carbonyl (C=O) groups is 1. The largest absolute Gasteiger partial charge is 0.339 e. The van der Waals surface area contributed by atoms with Crippen molar-refractivity contribution in [2.45, 2.75) is 51.5 Å². The van der Waals surface area contributed by atoms with Crippen molar-refractivity contribution in [1.29, 1.82) is 0 Å². The highest BCUT2D eigenvalue weighted by Crippen LogP contribution is 2.30. The van der Waals surface area contributed by atoms with E-state index in [0.717, 1.165) is 25.1 Å². The van der Waals surface area contributed by atoms with Crippen LogP contribution in [0.1, 0.15) is 62.5 Å². The van der Waals surface area contributed by atoms with Gasteiger partial charge in [0.15, 0.2) is 5.82 Å². The molecule has 1 saturated heterocycles. The molecule has 1 fully saturated rings. The highest BCUT2D eigenvalue weighted by Gasteiger charge is 2.30. The Hall–Kier alpha value is -2.31. The van der Waals surface area contributed by atoms with Crippen LogP contribution in [0.15, 0.2) is 23.1 Å². The molecule has 0 aromatic carbocycles. The summed E-state index contributed by atoms with van der Waals surface area (Å²) in [5, 5.41) is 3.92. The van der Waals surface area contributed by atoms with Crippen LogP contribution in [-0.4, -0.2) is 37.5 Å². The second kappa shape index (κ2) is 6.85. The first kappa shape index (κ1) is 15.6. The lowest BCUT2D eigenvalue weighted by molar-refractivity contribution is -0.132. The number of amides is 1. The average molecular weight is 315 g/mol. The van der Waals surface area contributed by atoms with Gasteiger partial charge in [-0.2, -0.15) is 4.98 Å². The summed E-state index contributed by atoms with van der Waals surface area (Å²) in [5.41, 5.74) is 0.859. The maximum atomic E-state index is 12.5. The van der Waals surface area contributed by atoms with E-state index < -0.39 is 0 Å². The van der Waals surface area contributed by atoms with Crippen molar-refractivity contribution in [3.63, 3.8) is 0 Å². The van der Waals surface area contributed by atoms with E-state index in [1.165, 1.54) is 0 Å². The molecule has 7 nitrogen and oxygen atoms in total. The Morgan fingerprint density at radius 1 is 1.43 bits per heavy atom. The van der Waals surface area contributed by atoms with Crippen LogP contribution in [0.5, 0.6) is 0 Å². The van der Waals surface area contributed by atoms with Gasteiger partial charge in [-0.25, -0.2) is 0 Å². The molecule has 0 radical (unpaired) electrons. The number of carbonyl (C=O) groups excluding carboxylic acids is 1. The summed E-state index contributed by atoms with van der Waals surface area (Å²) >= 11 is 0. The summed E-state index contributed by atoms with van der Waals surface area (Å²) in [6.45, 7) is 4.78. The van der Waals surface area contributed by atoms with Gasteiger partial charge in [0, 0.05) is 37.7 Å². The molecule has 1 aliphatic heterocycles. The molecule has 0 saturated carbocycles. The smallest absolute Gasteiger partial charge is 0.227 e. The fourth-order valence-electron chi connectivity index (χ4n) is 2.82. The molecule has 2 aromatic heterocycles. The van der Waals surface area contributed by atoms with Gasteiger partial charge in [0.2, 0.25) is 11.8 Å². The quantitative estimate of drug-likeness (QED) is 0.841. The van der Waals surface area contributed by atoms with E-state index in [9.17, 15) is 4.79 Å². The number of hydrogen-bond donors (Lipinski definition) is 0. The standard InChI is InChI=1S/C16H21N5O2/c1-11(2)16-19-14(23-20-16)5-6-15(22)21-9-3-4-13(21)12-10-17-7-8-18-12/h7-8,10-11,13H,3-6,9H2,1-2H3/t13-/m1/s1. The van der Waals surface area contributed by atoms with E-state index >= 15 is 0 Å². The van der Waals surface area contributed by atoms with Crippen LogP contribution >= 0.6 is 0 Å². The Kier molecular flexibility index (Phi) is 4.64. The topological polar surface area (TPSA) is 85.0 Å². The van der Waals surface area contributed by atoms with E-state index in [1.807, 2.05) is 18.7 Å². The number of aromatic nitrogens is 4. The SMILES string of the molecule is CC(C)c1noc(CCC(=O)N2CCC[C@@H]2c2cnccn2)n1. The first-order chi connectivity index (χ1) is 11.1.